The Bertz CT molecular complexity index is 951. The van der Waals surface area contributed by atoms with Crippen LogP contribution < -0.4 is 9.99 Å². The van der Waals surface area contributed by atoms with Crippen LogP contribution in [0.1, 0.15) is 24.4 Å². The van der Waals surface area contributed by atoms with Crippen LogP contribution in [0, 0.1) is 6.92 Å². The summed E-state index contributed by atoms with van der Waals surface area (Å²) in [6, 6.07) is 14.4. The normalized spacial score (nSPS) is 15.7. The molecule has 0 unspecified atom stereocenters. The van der Waals surface area contributed by atoms with Crippen molar-refractivity contribution in [2.24, 2.45) is 4.99 Å². The third kappa shape index (κ3) is 2.50. The molecule has 0 aliphatic carbocycles. The van der Waals surface area contributed by atoms with Crippen LogP contribution in [0.2, 0.25) is 0 Å². The van der Waals surface area contributed by atoms with Gasteiger partial charge in [-0.3, -0.25) is 0 Å². The van der Waals surface area contributed by atoms with Gasteiger partial charge < -0.3 is 5.32 Å². The lowest BCUT2D eigenvalue weighted by Gasteiger charge is -2.33. The van der Waals surface area contributed by atoms with E-state index in [0.29, 0.717) is 0 Å². The standard InChI is InChI=1S/C18H17N3S2/c1-11-7-6-10-14(19-11)20-17-15-12-8-4-5-9-13(12)21-18(2,3)16(15)22-23-17/h4-10,21H,1-3H3. The lowest BCUT2D eigenvalue weighted by Crippen LogP contribution is -2.31. The van der Waals surface area contributed by atoms with E-state index in [1.54, 1.807) is 20.7 Å². The molecule has 0 saturated heterocycles. The van der Waals surface area contributed by atoms with Crippen LogP contribution in [-0.4, -0.2) is 4.98 Å². The molecule has 3 nitrogen and oxygen atoms in total. The molecular weight excluding hydrogens is 322 g/mol. The van der Waals surface area contributed by atoms with Crippen molar-refractivity contribution in [3.05, 3.63) is 57.7 Å². The summed E-state index contributed by atoms with van der Waals surface area (Å²) in [4.78, 5) is 10.7. The van der Waals surface area contributed by atoms with Gasteiger partial charge >= 0.3 is 0 Å². The number of fused-ring (bicyclic) bond motifs is 3. The summed E-state index contributed by atoms with van der Waals surface area (Å²) in [5.74, 6) is 0.774. The molecule has 0 saturated carbocycles. The third-order valence-corrected chi connectivity index (χ3v) is 6.59. The van der Waals surface area contributed by atoms with Gasteiger partial charge in [-0.2, -0.15) is 0 Å². The number of rotatable bonds is 1. The lowest BCUT2D eigenvalue weighted by molar-refractivity contribution is 0.619. The van der Waals surface area contributed by atoms with Crippen LogP contribution in [0.25, 0.3) is 11.1 Å². The van der Waals surface area contributed by atoms with Crippen molar-refractivity contribution in [2.75, 3.05) is 5.32 Å². The van der Waals surface area contributed by atoms with E-state index in [4.69, 9.17) is 4.99 Å². The number of aryl methyl sites for hydroxylation is 1. The van der Waals surface area contributed by atoms with Crippen molar-refractivity contribution in [1.82, 2.24) is 4.98 Å². The molecule has 23 heavy (non-hydrogen) atoms. The highest BCUT2D eigenvalue weighted by Gasteiger charge is 2.33. The molecule has 1 N–H and O–H groups in total. The van der Waals surface area contributed by atoms with E-state index in [9.17, 15) is 0 Å². The number of para-hydroxylation sites is 1. The number of pyridine rings is 1. The number of anilines is 1. The second kappa shape index (κ2) is 5.28. The van der Waals surface area contributed by atoms with E-state index in [1.165, 1.54) is 21.7 Å². The summed E-state index contributed by atoms with van der Waals surface area (Å²) in [7, 11) is 3.53. The maximum Gasteiger partial charge on any atom is 0.153 e. The Balaban J connectivity index is 1.99. The Morgan fingerprint density at radius 2 is 1.87 bits per heavy atom. The van der Waals surface area contributed by atoms with E-state index < -0.39 is 0 Å². The number of hydrogen-bond acceptors (Lipinski definition) is 5. The molecule has 2 aromatic heterocycles. The second-order valence-electron chi connectivity index (χ2n) is 6.22. The Labute approximate surface area is 142 Å². The van der Waals surface area contributed by atoms with Crippen molar-refractivity contribution in [2.45, 2.75) is 26.3 Å². The van der Waals surface area contributed by atoms with Crippen molar-refractivity contribution < 1.29 is 0 Å². The predicted octanol–water partition coefficient (Wildman–Crippen LogP) is 5.07. The molecule has 0 fully saturated rings. The zero-order chi connectivity index (χ0) is 16.0. The first kappa shape index (κ1) is 14.6. The summed E-state index contributed by atoms with van der Waals surface area (Å²) in [6.07, 6.45) is 0. The van der Waals surface area contributed by atoms with Gasteiger partial charge in [0, 0.05) is 22.5 Å². The molecule has 0 bridgehead atoms. The molecule has 0 atom stereocenters. The largest absolute Gasteiger partial charge is 0.375 e. The van der Waals surface area contributed by atoms with Crippen LogP contribution >= 0.6 is 20.7 Å². The molecule has 5 heteroatoms. The molecule has 3 heterocycles. The van der Waals surface area contributed by atoms with Crippen LogP contribution in [0.3, 0.4) is 0 Å². The van der Waals surface area contributed by atoms with Gasteiger partial charge in [-0.05, 0) is 39.0 Å². The fourth-order valence-corrected chi connectivity index (χ4v) is 5.81. The minimum Gasteiger partial charge on any atom is -0.375 e. The Morgan fingerprint density at radius 1 is 1.04 bits per heavy atom. The van der Waals surface area contributed by atoms with Gasteiger partial charge in [0.2, 0.25) is 0 Å². The average molecular weight is 339 g/mol. The van der Waals surface area contributed by atoms with E-state index >= 15 is 0 Å². The molecule has 0 amide bonds. The van der Waals surface area contributed by atoms with Crippen molar-refractivity contribution in [3.8, 4) is 11.1 Å². The molecule has 116 valence electrons. The van der Waals surface area contributed by atoms with Crippen molar-refractivity contribution in [1.29, 1.82) is 0 Å². The van der Waals surface area contributed by atoms with E-state index in [1.807, 2.05) is 25.1 Å². The van der Waals surface area contributed by atoms with E-state index in [-0.39, 0.29) is 5.54 Å². The van der Waals surface area contributed by atoms with Crippen LogP contribution in [0.4, 0.5) is 11.5 Å². The van der Waals surface area contributed by atoms with Crippen molar-refractivity contribution in [3.63, 3.8) is 0 Å². The molecule has 0 radical (unpaired) electrons. The Hall–Kier alpha value is -1.98. The van der Waals surface area contributed by atoms with Gasteiger partial charge in [-0.1, -0.05) is 44.9 Å². The van der Waals surface area contributed by atoms with Crippen LogP contribution in [-0.2, 0) is 5.54 Å². The van der Waals surface area contributed by atoms with E-state index in [0.717, 1.165) is 16.2 Å². The predicted molar refractivity (Wildman–Crippen MR) is 98.5 cm³/mol. The molecule has 1 aliphatic rings. The highest BCUT2D eigenvalue weighted by Crippen LogP contribution is 2.45. The summed E-state index contributed by atoms with van der Waals surface area (Å²) in [6.45, 7) is 6.44. The molecule has 0 spiro atoms. The maximum absolute atomic E-state index is 4.83. The Morgan fingerprint density at radius 3 is 2.70 bits per heavy atom. The minimum absolute atomic E-state index is 0.0847. The van der Waals surface area contributed by atoms with Gasteiger partial charge in [-0.15, -0.1) is 0 Å². The fourth-order valence-electron chi connectivity index (χ4n) is 2.89. The molecular formula is C18H17N3S2. The van der Waals surface area contributed by atoms with Gasteiger partial charge in [0.15, 0.2) is 5.82 Å². The molecule has 1 aromatic carbocycles. The first-order valence-electron chi connectivity index (χ1n) is 7.54. The second-order valence-corrected chi connectivity index (χ2v) is 8.35. The summed E-state index contributed by atoms with van der Waals surface area (Å²) in [5, 5.41) is 3.64. The molecule has 4 rings (SSSR count). The third-order valence-electron chi connectivity index (χ3n) is 3.95. The number of aromatic nitrogens is 1. The zero-order valence-corrected chi connectivity index (χ0v) is 14.9. The van der Waals surface area contributed by atoms with Crippen LogP contribution in [0.15, 0.2) is 47.5 Å². The fraction of sp³-hybridized carbons (Fsp3) is 0.222. The van der Waals surface area contributed by atoms with Gasteiger partial charge in [-0.25, -0.2) is 9.98 Å². The van der Waals surface area contributed by atoms with Gasteiger partial charge in [0.25, 0.3) is 0 Å². The quantitative estimate of drug-likeness (QED) is 0.628. The smallest absolute Gasteiger partial charge is 0.153 e. The average Bonchev–Trinajstić information content (AvgIpc) is 2.92. The summed E-state index contributed by atoms with van der Waals surface area (Å²) in [5.41, 5.74) is 4.55. The van der Waals surface area contributed by atoms with Gasteiger partial charge in [0.05, 0.1) is 10.4 Å². The summed E-state index contributed by atoms with van der Waals surface area (Å²) < 4.78 is 1.05. The number of nitrogens with one attached hydrogen (secondary N) is 1. The number of hydrogen-bond donors (Lipinski definition) is 1. The topological polar surface area (TPSA) is 37.3 Å². The maximum atomic E-state index is 4.83. The highest BCUT2D eigenvalue weighted by molar-refractivity contribution is 7.68. The molecule has 1 aliphatic heterocycles. The SMILES string of the molecule is Cc1cccc(N=c2ssc3c2-c2ccccc2NC3(C)C)n1. The van der Waals surface area contributed by atoms with Gasteiger partial charge in [0.1, 0.15) is 4.67 Å². The van der Waals surface area contributed by atoms with E-state index in [2.05, 4.69) is 48.4 Å². The first-order chi connectivity index (χ1) is 11.0. The van der Waals surface area contributed by atoms with Crippen molar-refractivity contribution >= 4 is 32.2 Å². The molecule has 3 aromatic rings. The van der Waals surface area contributed by atoms with Crippen LogP contribution in [0.5, 0.6) is 0 Å². The highest BCUT2D eigenvalue weighted by atomic mass is 32.9. The monoisotopic (exact) mass is 339 g/mol. The minimum atomic E-state index is -0.0847. The zero-order valence-electron chi connectivity index (χ0n) is 13.3. The number of nitrogens with zero attached hydrogens (tertiary/aromatic N) is 2. The summed E-state index contributed by atoms with van der Waals surface area (Å²) >= 11 is 0. The first-order valence-corrected chi connectivity index (χ1v) is 9.69. The number of benzene rings is 1. The Kier molecular flexibility index (Phi) is 3.36. The lowest BCUT2D eigenvalue weighted by atomic mass is 9.90.